The maximum atomic E-state index is 12.1. The molecular formula is C101H172O46. The summed E-state index contributed by atoms with van der Waals surface area (Å²) >= 11 is 0. The van der Waals surface area contributed by atoms with Gasteiger partial charge in [0.15, 0.2) is 50.3 Å². The molecule has 46 heteroatoms. The molecule has 0 bridgehead atoms. The smallest absolute Gasteiger partial charge is 0.187 e. The van der Waals surface area contributed by atoms with Gasteiger partial charge in [-0.3, -0.25) is 0 Å². The predicted molar refractivity (Wildman–Crippen MR) is 499 cm³/mol. The average molecular weight is 2120 g/mol. The molecule has 147 heavy (non-hydrogen) atoms. The van der Waals surface area contributed by atoms with Gasteiger partial charge in [0.05, 0.1) is 96.9 Å². The summed E-state index contributed by atoms with van der Waals surface area (Å²) in [7, 11) is 0. The van der Waals surface area contributed by atoms with E-state index in [0.717, 1.165) is 103 Å². The van der Waals surface area contributed by atoms with Gasteiger partial charge in [-0.1, -0.05) is 41.5 Å². The van der Waals surface area contributed by atoms with Crippen LogP contribution in [0.25, 0.3) is 0 Å². The fraction of sp³-hybridized carbons (Fsp3) is 1.00. The number of hydrogen-bond donors (Lipinski definition) is 28. The zero-order valence-corrected chi connectivity index (χ0v) is 85.0. The van der Waals surface area contributed by atoms with Crippen molar-refractivity contribution >= 4 is 0 Å². The summed E-state index contributed by atoms with van der Waals surface area (Å²) in [5.41, 5.74) is -1.53. The van der Waals surface area contributed by atoms with Crippen LogP contribution in [0.15, 0.2) is 0 Å². The molecule has 0 amide bonds. The first-order valence-corrected chi connectivity index (χ1v) is 54.1. The zero-order chi connectivity index (χ0) is 106. The van der Waals surface area contributed by atoms with Crippen LogP contribution in [0, 0.1) is 98.1 Å². The first-order valence-electron chi connectivity index (χ1n) is 54.1. The fourth-order valence-corrected chi connectivity index (χ4v) is 30.5. The monoisotopic (exact) mass is 2120 g/mol. The van der Waals surface area contributed by atoms with Gasteiger partial charge in [-0.2, -0.15) is 0 Å². The Balaban J connectivity index is 0.576. The molecule has 0 aromatic heterocycles. The Hall–Kier alpha value is -1.84. The van der Waals surface area contributed by atoms with Crippen LogP contribution in [0.3, 0.4) is 0 Å². The van der Waals surface area contributed by atoms with Gasteiger partial charge in [0.1, 0.15) is 195 Å². The van der Waals surface area contributed by atoms with E-state index in [1.807, 2.05) is 0 Å². The molecule has 16 fully saturated rings. The SMILES string of the molecule is CC(CCCOCC(COCCCC(C)C1CCC2C3CCC4CC(O[C@@H]5OC(CO)[C@@H](O[C@H]6OC(CO)[C@@H](O)C(O)[C@@H]6O)C(O)[C@@H]5O)CCC4(C)C3CCC12C)(CO[C@H]1OC(CO)[C@H](O[C@@H]2OC(CO)[C@H](O)C(O)[C@H]2O)C(O)[C@H]1O)CO[C@@H]1OC(CO)[C@@H](O[C@H]2OC(CO)[C@@H](O)C(O)[C@@H]2O)C(O)[C@@H]1O)C1CCC2C3CCC4CC(O[C@H]5OC(CO)[C@H](O[C@@H]6OC(CO)[C@H](O)C(O)[C@H]6O)C(O)[C@H]5O)CCC4(C)C3CCC12C. The van der Waals surface area contributed by atoms with E-state index in [9.17, 15) is 143 Å². The van der Waals surface area contributed by atoms with Crippen molar-refractivity contribution in [2.45, 2.75) is 441 Å². The molecule has 0 aromatic rings. The second-order valence-corrected chi connectivity index (χ2v) is 47.3. The van der Waals surface area contributed by atoms with Gasteiger partial charge in [0.2, 0.25) is 0 Å². The number of aliphatic hydroxyl groups is 28. The van der Waals surface area contributed by atoms with Crippen molar-refractivity contribution in [3.63, 3.8) is 0 Å². The molecule has 8 aliphatic carbocycles. The molecule has 0 spiro atoms. The highest BCUT2D eigenvalue weighted by Gasteiger charge is 2.66. The molecular weight excluding hydrogens is 1950 g/mol. The van der Waals surface area contributed by atoms with Crippen molar-refractivity contribution in [2.24, 2.45) is 98.1 Å². The number of rotatable bonds is 40. The van der Waals surface area contributed by atoms with Gasteiger partial charge in [-0.25, -0.2) is 0 Å². The summed E-state index contributed by atoms with van der Waals surface area (Å²) in [6, 6.07) is 0. The van der Waals surface area contributed by atoms with Crippen molar-refractivity contribution < 1.29 is 228 Å². The second-order valence-electron chi connectivity index (χ2n) is 47.3. The highest BCUT2D eigenvalue weighted by atomic mass is 16.8. The summed E-state index contributed by atoms with van der Waals surface area (Å²) in [5.74, 6) is 4.50. The number of fused-ring (bicyclic) bond motifs is 10. The van der Waals surface area contributed by atoms with E-state index in [1.165, 1.54) is 0 Å². The maximum Gasteiger partial charge on any atom is 0.187 e. The third-order valence-corrected chi connectivity index (χ3v) is 39.1. The van der Waals surface area contributed by atoms with E-state index >= 15 is 0 Å². The molecule has 8 aliphatic heterocycles. The summed E-state index contributed by atoms with van der Waals surface area (Å²) < 4.78 is 110. The Bertz CT molecular complexity index is 3780. The largest absolute Gasteiger partial charge is 0.394 e. The third-order valence-electron chi connectivity index (χ3n) is 39.1. The van der Waals surface area contributed by atoms with E-state index in [0.29, 0.717) is 85.9 Å². The Kier molecular flexibility index (Phi) is 39.7. The minimum atomic E-state index is -2.01. The van der Waals surface area contributed by atoms with Crippen molar-refractivity contribution in [1.82, 2.24) is 0 Å². The first kappa shape index (κ1) is 118. The van der Waals surface area contributed by atoms with Gasteiger partial charge in [0.25, 0.3) is 0 Å². The molecule has 0 aromatic carbocycles. The van der Waals surface area contributed by atoms with Crippen LogP contribution in [-0.2, 0) is 85.3 Å². The van der Waals surface area contributed by atoms with Crippen molar-refractivity contribution in [1.29, 1.82) is 0 Å². The molecule has 8 heterocycles. The van der Waals surface area contributed by atoms with Gasteiger partial charge < -0.3 is 228 Å². The lowest BCUT2D eigenvalue weighted by molar-refractivity contribution is -0.366. The van der Waals surface area contributed by atoms with Crippen LogP contribution in [-0.4, -0.2) is 493 Å². The van der Waals surface area contributed by atoms with Gasteiger partial charge in [0, 0.05) is 13.2 Å². The molecule has 35 unspecified atom stereocenters. The fourth-order valence-electron chi connectivity index (χ4n) is 30.5. The second kappa shape index (κ2) is 49.6. The molecule has 8 saturated heterocycles. The third kappa shape index (κ3) is 23.5. The Morgan fingerprint density at radius 3 is 0.803 bits per heavy atom. The molecule has 28 N–H and O–H groups in total. The van der Waals surface area contributed by atoms with Crippen molar-refractivity contribution in [2.75, 3.05) is 92.5 Å². The number of ether oxygens (including phenoxy) is 18. The van der Waals surface area contributed by atoms with Crippen LogP contribution in [0.1, 0.15) is 183 Å². The lowest BCUT2D eigenvalue weighted by Gasteiger charge is -2.61. The topological polar surface area (TPSA) is 733 Å². The average Bonchev–Trinajstić information content (AvgIpc) is 1.59. The first-order chi connectivity index (χ1) is 70.0. The van der Waals surface area contributed by atoms with E-state index in [2.05, 4.69) is 41.5 Å². The normalized spacial score (nSPS) is 52.0. The Morgan fingerprint density at radius 1 is 0.259 bits per heavy atom. The maximum absolute atomic E-state index is 12.1. The summed E-state index contributed by atoms with van der Waals surface area (Å²) in [6.07, 6.45) is -48.8. The standard InChI is InChI=1S/C101H172O46/c1-43(51-15-17-53-49-13-11-45-29-47(19-23-97(45,3)55(49)21-25-99(51,53)5)134-91-83(128)75(120)87(63(37-108)142-91)146-95-79(124)71(116)67(112)59(33-104)138-95)9-7-27-130-39-101(41-132-89-81(126)73(118)85(61(35-106)140-89)144-93-77(122)69(114)65(110)57(31-102)136-93,42-133-90-82(127)74(119)86(62(36-107)141-90)145-94-78(123)70(115)66(111)58(32-103)137-94)40-131-28-8-10-44(2)52-16-18-54-50-14-12-46-30-48(20-24-98(46,4)56(50)22-26-100(52,54)6)135-92-84(129)76(121)88(64(38-109)143-92)147-96-80(125)72(117)68(113)60(34-105)139-96/h43-96,102-129H,7-42H2,1-6H3/t43?,44?,45?,46?,47?,48?,49?,50?,51?,52?,53?,54?,55?,56?,57?,58?,59?,60?,61?,62?,63?,64?,65-,66+,67-,68+,69?,70?,71?,72?,73?,74?,75?,76?,77+,78-,79+,80-,81+,82-,83+,84-,85-,86+,87-,88+,89-,90+,91-,92+,93-,94+,95-,96+,97?,98?,99?,100?,101?. The summed E-state index contributed by atoms with van der Waals surface area (Å²) in [5, 5.41) is 304. The van der Waals surface area contributed by atoms with Gasteiger partial charge >= 0.3 is 0 Å². The quantitative estimate of drug-likeness (QED) is 0.0200. The van der Waals surface area contributed by atoms with Crippen LogP contribution < -0.4 is 0 Å². The zero-order valence-electron chi connectivity index (χ0n) is 85.0. The van der Waals surface area contributed by atoms with E-state index in [4.69, 9.17) is 85.3 Å². The van der Waals surface area contributed by atoms with Crippen LogP contribution >= 0.6 is 0 Å². The highest BCUT2D eigenvalue weighted by molar-refractivity contribution is 5.14. The van der Waals surface area contributed by atoms with Gasteiger partial charge in [-0.15, -0.1) is 0 Å². The molecule has 59 atom stereocenters. The lowest BCUT2D eigenvalue weighted by Crippen LogP contribution is -2.65. The van der Waals surface area contributed by atoms with Gasteiger partial charge in [-0.05, 0) is 234 Å². The molecule has 8 saturated carbocycles. The van der Waals surface area contributed by atoms with Crippen LogP contribution in [0.5, 0.6) is 0 Å². The molecule has 0 radical (unpaired) electrons. The summed E-state index contributed by atoms with van der Waals surface area (Å²) in [6.45, 7) is 6.96. The lowest BCUT2D eigenvalue weighted by atomic mass is 9.44. The van der Waals surface area contributed by atoms with Crippen LogP contribution in [0.4, 0.5) is 0 Å². The highest BCUT2D eigenvalue weighted by Crippen LogP contribution is 2.71. The van der Waals surface area contributed by atoms with Crippen LogP contribution in [0.2, 0.25) is 0 Å². The van der Waals surface area contributed by atoms with Crippen molar-refractivity contribution in [3.8, 4) is 0 Å². The van der Waals surface area contributed by atoms with Crippen molar-refractivity contribution in [3.05, 3.63) is 0 Å². The minimum Gasteiger partial charge on any atom is -0.394 e. The molecule has 16 rings (SSSR count). The van der Waals surface area contributed by atoms with E-state index < -0.39 is 317 Å². The van der Waals surface area contributed by atoms with E-state index in [-0.39, 0.29) is 84.0 Å². The number of hydrogen-bond acceptors (Lipinski definition) is 46. The summed E-state index contributed by atoms with van der Waals surface area (Å²) in [4.78, 5) is 0. The molecule has 16 aliphatic rings. The predicted octanol–water partition coefficient (Wildman–Crippen LogP) is -6.54. The van der Waals surface area contributed by atoms with E-state index in [1.54, 1.807) is 0 Å². The Morgan fingerprint density at radius 2 is 0.510 bits per heavy atom. The Labute approximate surface area is 855 Å². The minimum absolute atomic E-state index is 0.0197. The number of aliphatic hydroxyl groups excluding tert-OH is 28. The molecule has 852 valence electrons. The molecule has 46 nitrogen and oxygen atoms in total.